The highest BCUT2D eigenvalue weighted by Gasteiger charge is 2.41. The summed E-state index contributed by atoms with van der Waals surface area (Å²) in [6, 6.07) is 9.39. The van der Waals surface area contributed by atoms with Crippen LogP contribution in [0.2, 0.25) is 0 Å². The summed E-state index contributed by atoms with van der Waals surface area (Å²) in [5.41, 5.74) is 5.44. The van der Waals surface area contributed by atoms with Crippen molar-refractivity contribution in [2.45, 2.75) is 57.2 Å². The predicted octanol–water partition coefficient (Wildman–Crippen LogP) is 5.61. The van der Waals surface area contributed by atoms with Gasteiger partial charge >= 0.3 is 0 Å². The van der Waals surface area contributed by atoms with Gasteiger partial charge in [-0.3, -0.25) is 14.7 Å². The third-order valence-electron chi connectivity index (χ3n) is 11.0. The summed E-state index contributed by atoms with van der Waals surface area (Å²) in [6.45, 7) is 10.1. The summed E-state index contributed by atoms with van der Waals surface area (Å²) in [6.07, 6.45) is 4.90. The zero-order chi connectivity index (χ0) is 31.5. The Morgan fingerprint density at radius 1 is 0.750 bits per heavy atom. The molecule has 0 spiro atoms. The van der Waals surface area contributed by atoms with Gasteiger partial charge in [0.15, 0.2) is 23.0 Å². The Labute approximate surface area is 305 Å². The number of aliphatic hydroxyl groups is 1. The second-order valence-corrected chi connectivity index (χ2v) is 13.3. The minimum Gasteiger partial charge on any atom is -0.493 e. The Bertz CT molecular complexity index is 1320. The number of methoxy groups -OCH3 is 4. The van der Waals surface area contributed by atoms with E-state index in [-0.39, 0.29) is 43.3 Å². The molecule has 12 heteroatoms. The van der Waals surface area contributed by atoms with E-state index in [4.69, 9.17) is 23.7 Å². The van der Waals surface area contributed by atoms with Crippen molar-refractivity contribution in [3.63, 3.8) is 0 Å². The molecule has 2 fully saturated rings. The molecule has 272 valence electrons. The predicted molar refractivity (Wildman–Crippen MR) is 197 cm³/mol. The van der Waals surface area contributed by atoms with Gasteiger partial charge in [-0.15, -0.1) is 37.2 Å². The number of hydrogen-bond acceptors (Lipinski definition) is 9. The molecular formula is C36H56Cl3N3O6. The van der Waals surface area contributed by atoms with Crippen LogP contribution in [0.25, 0.3) is 0 Å². The van der Waals surface area contributed by atoms with Crippen LogP contribution in [0, 0.1) is 11.8 Å². The van der Waals surface area contributed by atoms with Crippen LogP contribution >= 0.6 is 37.2 Å². The number of morpholine rings is 1. The van der Waals surface area contributed by atoms with E-state index in [0.717, 1.165) is 101 Å². The van der Waals surface area contributed by atoms with Crippen molar-refractivity contribution in [2.24, 2.45) is 11.8 Å². The summed E-state index contributed by atoms with van der Waals surface area (Å²) in [5.74, 6) is 4.36. The molecule has 2 aromatic carbocycles. The number of benzene rings is 2. The molecule has 0 amide bonds. The molecule has 2 saturated heterocycles. The third kappa shape index (κ3) is 8.60. The number of ether oxygens (including phenoxy) is 5. The molecule has 1 N–H and O–H groups in total. The average Bonchev–Trinajstić information content (AvgIpc) is 3.07. The largest absolute Gasteiger partial charge is 0.493 e. The summed E-state index contributed by atoms with van der Waals surface area (Å²) >= 11 is 0. The SMILES string of the molecule is CCC1CN2CCc3cc(OC)c(OC)cc3C2CC1CC1c2cc(OC)c(OC)cc2CCN1CC(O)CN1CCOCC1.Cl.Cl.Cl. The fourth-order valence-electron chi connectivity index (χ4n) is 8.53. The topological polar surface area (TPSA) is 76.1 Å². The van der Waals surface area contributed by atoms with Gasteiger partial charge in [-0.25, -0.2) is 0 Å². The van der Waals surface area contributed by atoms with Crippen LogP contribution < -0.4 is 18.9 Å². The molecule has 5 unspecified atom stereocenters. The van der Waals surface area contributed by atoms with E-state index in [1.807, 2.05) is 0 Å². The maximum Gasteiger partial charge on any atom is 0.161 e. The van der Waals surface area contributed by atoms with Crippen LogP contribution in [-0.2, 0) is 17.6 Å². The monoisotopic (exact) mass is 731 g/mol. The van der Waals surface area contributed by atoms with Crippen molar-refractivity contribution >= 4 is 37.2 Å². The molecule has 2 aromatic rings. The molecule has 48 heavy (non-hydrogen) atoms. The van der Waals surface area contributed by atoms with Crippen molar-refractivity contribution in [1.82, 2.24) is 14.7 Å². The highest BCUT2D eigenvalue weighted by molar-refractivity contribution is 5.86. The van der Waals surface area contributed by atoms with Crippen molar-refractivity contribution < 1.29 is 28.8 Å². The molecule has 0 aliphatic carbocycles. The zero-order valence-corrected chi connectivity index (χ0v) is 31.6. The standard InChI is InChI=1S/C36H53N3O6.3ClH/c1-6-24-21-38-9-7-25-17-33(41-2)35(43-4)19-29(25)31(38)15-27(24)16-32-30-20-36(44-5)34(42-3)18-26(30)8-10-39(32)23-28(40)22-37-11-13-45-14-12-37;;;/h17-20,24,27-28,31-32,40H,6-16,21-23H2,1-5H3;3*1H. The quantitative estimate of drug-likeness (QED) is 0.317. The lowest BCUT2D eigenvalue weighted by molar-refractivity contribution is -0.00513. The fourth-order valence-corrected chi connectivity index (χ4v) is 8.53. The van der Waals surface area contributed by atoms with Gasteiger partial charge in [-0.05, 0) is 84.0 Å². The lowest BCUT2D eigenvalue weighted by Crippen LogP contribution is -2.49. The molecule has 5 atom stereocenters. The van der Waals surface area contributed by atoms with E-state index in [1.165, 1.54) is 22.3 Å². The normalized spacial score (nSPS) is 24.7. The molecule has 0 bridgehead atoms. The van der Waals surface area contributed by atoms with Crippen LogP contribution in [-0.4, -0.2) is 113 Å². The lowest BCUT2D eigenvalue weighted by atomic mass is 9.72. The Kier molecular flexibility index (Phi) is 15.7. The lowest BCUT2D eigenvalue weighted by Gasteiger charge is -2.49. The number of hydrogen-bond donors (Lipinski definition) is 1. The smallest absolute Gasteiger partial charge is 0.161 e. The first-order valence-corrected chi connectivity index (χ1v) is 16.9. The highest BCUT2D eigenvalue weighted by Crippen LogP contribution is 2.49. The summed E-state index contributed by atoms with van der Waals surface area (Å²) in [7, 11) is 6.88. The second kappa shape index (κ2) is 18.5. The van der Waals surface area contributed by atoms with E-state index in [2.05, 4.69) is 45.9 Å². The minimum absolute atomic E-state index is 0. The van der Waals surface area contributed by atoms with E-state index in [9.17, 15) is 5.11 Å². The number of fused-ring (bicyclic) bond motifs is 4. The molecule has 0 aromatic heterocycles. The number of rotatable bonds is 11. The van der Waals surface area contributed by atoms with Gasteiger partial charge in [-0.1, -0.05) is 13.3 Å². The Hall–Kier alpha value is -1.69. The van der Waals surface area contributed by atoms with E-state index in [1.54, 1.807) is 28.4 Å². The van der Waals surface area contributed by atoms with Crippen LogP contribution in [0.5, 0.6) is 23.0 Å². The van der Waals surface area contributed by atoms with Crippen molar-refractivity contribution in [3.8, 4) is 23.0 Å². The minimum atomic E-state index is -0.413. The molecule has 4 aliphatic heterocycles. The first kappa shape index (κ1) is 40.7. The van der Waals surface area contributed by atoms with Crippen molar-refractivity contribution in [1.29, 1.82) is 0 Å². The summed E-state index contributed by atoms with van der Waals surface area (Å²) in [5, 5.41) is 11.4. The van der Waals surface area contributed by atoms with Gasteiger partial charge < -0.3 is 28.8 Å². The maximum atomic E-state index is 11.4. The first-order valence-electron chi connectivity index (χ1n) is 16.9. The van der Waals surface area contributed by atoms with E-state index in [0.29, 0.717) is 31.0 Å². The van der Waals surface area contributed by atoms with Gasteiger partial charge in [-0.2, -0.15) is 0 Å². The van der Waals surface area contributed by atoms with Crippen LogP contribution in [0.4, 0.5) is 0 Å². The van der Waals surface area contributed by atoms with Gasteiger partial charge in [0.25, 0.3) is 0 Å². The zero-order valence-electron chi connectivity index (χ0n) is 29.2. The fraction of sp³-hybridized carbons (Fsp3) is 0.667. The van der Waals surface area contributed by atoms with E-state index < -0.39 is 6.10 Å². The number of β-amino-alcohol motifs (C(OH)–C–C–N with tert-alkyl or cyclic N) is 1. The molecule has 6 rings (SSSR count). The molecule has 0 radical (unpaired) electrons. The summed E-state index contributed by atoms with van der Waals surface area (Å²) < 4.78 is 28.5. The maximum absolute atomic E-state index is 11.4. The number of nitrogens with zero attached hydrogens (tertiary/aromatic N) is 3. The van der Waals surface area contributed by atoms with Gasteiger partial charge in [0, 0.05) is 57.9 Å². The van der Waals surface area contributed by atoms with Crippen LogP contribution in [0.1, 0.15) is 60.5 Å². The van der Waals surface area contributed by atoms with Crippen LogP contribution in [0.3, 0.4) is 0 Å². The van der Waals surface area contributed by atoms with Crippen LogP contribution in [0.15, 0.2) is 24.3 Å². The number of piperidine rings is 1. The summed E-state index contributed by atoms with van der Waals surface area (Å²) in [4.78, 5) is 7.61. The molecule has 9 nitrogen and oxygen atoms in total. The molecule has 4 aliphatic rings. The molecular weight excluding hydrogens is 677 g/mol. The average molecular weight is 733 g/mol. The Balaban J connectivity index is 0.00000208. The third-order valence-corrected chi connectivity index (χ3v) is 11.0. The second-order valence-electron chi connectivity index (χ2n) is 13.3. The Morgan fingerprint density at radius 3 is 1.92 bits per heavy atom. The van der Waals surface area contributed by atoms with E-state index >= 15 is 0 Å². The molecule has 4 heterocycles. The first-order chi connectivity index (χ1) is 22.0. The molecule has 0 saturated carbocycles. The van der Waals surface area contributed by atoms with Gasteiger partial charge in [0.05, 0.1) is 47.8 Å². The van der Waals surface area contributed by atoms with Gasteiger partial charge in [0.2, 0.25) is 0 Å². The van der Waals surface area contributed by atoms with Gasteiger partial charge in [0.1, 0.15) is 0 Å². The van der Waals surface area contributed by atoms with Crippen molar-refractivity contribution in [3.05, 3.63) is 46.5 Å². The number of aliphatic hydroxyl groups excluding tert-OH is 1. The highest BCUT2D eigenvalue weighted by atomic mass is 35.5. The van der Waals surface area contributed by atoms with Crippen molar-refractivity contribution in [2.75, 3.05) is 87.5 Å². The Morgan fingerprint density at radius 2 is 1.31 bits per heavy atom. The number of halogens is 3.